The lowest BCUT2D eigenvalue weighted by atomic mass is 9.96. The summed E-state index contributed by atoms with van der Waals surface area (Å²) < 4.78 is 1.67. The first-order chi connectivity index (χ1) is 8.70. The molecule has 0 fully saturated rings. The summed E-state index contributed by atoms with van der Waals surface area (Å²) in [5, 5.41) is 6.99. The zero-order chi connectivity index (χ0) is 13.0. The molecular weight excluding hydrogens is 226 g/mol. The Balaban J connectivity index is 2.11. The number of nitrogens with one attached hydrogen (secondary N) is 1. The van der Waals surface area contributed by atoms with Gasteiger partial charge in [0.1, 0.15) is 0 Å². The van der Waals surface area contributed by atoms with E-state index in [1.54, 1.807) is 16.9 Å². The van der Waals surface area contributed by atoms with E-state index in [2.05, 4.69) is 10.4 Å². The standard InChI is InChI=1S/C14H17N3O/c1-3-12(11-7-5-4-6-8-11)14(18)15-13-9-10-17(2)16-13/h4-10,12H,3H2,1-2H3,(H,15,16,18)/t12-/m0/s1. The molecule has 18 heavy (non-hydrogen) atoms. The van der Waals surface area contributed by atoms with E-state index >= 15 is 0 Å². The third-order valence-electron chi connectivity index (χ3n) is 2.89. The summed E-state index contributed by atoms with van der Waals surface area (Å²) in [7, 11) is 1.82. The topological polar surface area (TPSA) is 46.9 Å². The minimum Gasteiger partial charge on any atom is -0.309 e. The van der Waals surface area contributed by atoms with Gasteiger partial charge in [-0.15, -0.1) is 0 Å². The molecule has 0 saturated carbocycles. The number of anilines is 1. The first-order valence-corrected chi connectivity index (χ1v) is 6.06. The number of benzene rings is 1. The average Bonchev–Trinajstić information content (AvgIpc) is 2.77. The maximum absolute atomic E-state index is 12.2. The number of carbonyl (C=O) groups is 1. The van der Waals surface area contributed by atoms with Gasteiger partial charge in [-0.1, -0.05) is 37.3 Å². The fourth-order valence-corrected chi connectivity index (χ4v) is 1.95. The Hall–Kier alpha value is -2.10. The van der Waals surface area contributed by atoms with Crippen LogP contribution >= 0.6 is 0 Å². The Labute approximate surface area is 107 Å². The average molecular weight is 243 g/mol. The number of rotatable bonds is 4. The van der Waals surface area contributed by atoms with Crippen LogP contribution in [0.2, 0.25) is 0 Å². The number of hydrogen-bond acceptors (Lipinski definition) is 2. The van der Waals surface area contributed by atoms with Crippen LogP contribution in [0.1, 0.15) is 24.8 Å². The molecule has 1 aromatic heterocycles. The van der Waals surface area contributed by atoms with E-state index in [4.69, 9.17) is 0 Å². The fourth-order valence-electron chi connectivity index (χ4n) is 1.95. The first-order valence-electron chi connectivity index (χ1n) is 6.06. The monoisotopic (exact) mass is 243 g/mol. The molecule has 2 rings (SSSR count). The van der Waals surface area contributed by atoms with E-state index in [1.807, 2.05) is 44.3 Å². The first kappa shape index (κ1) is 12.4. The molecule has 0 aliphatic carbocycles. The largest absolute Gasteiger partial charge is 0.309 e. The van der Waals surface area contributed by atoms with E-state index < -0.39 is 0 Å². The molecule has 0 radical (unpaired) electrons. The van der Waals surface area contributed by atoms with Gasteiger partial charge in [0.25, 0.3) is 0 Å². The van der Waals surface area contributed by atoms with Crippen LogP contribution in [-0.2, 0) is 11.8 Å². The second-order valence-corrected chi connectivity index (χ2v) is 4.24. The van der Waals surface area contributed by atoms with Gasteiger partial charge in [-0.2, -0.15) is 5.10 Å². The van der Waals surface area contributed by atoms with Crippen LogP contribution in [0.15, 0.2) is 42.6 Å². The summed E-state index contributed by atoms with van der Waals surface area (Å²) in [6.07, 6.45) is 2.57. The summed E-state index contributed by atoms with van der Waals surface area (Å²) in [6.45, 7) is 2.01. The number of amides is 1. The summed E-state index contributed by atoms with van der Waals surface area (Å²) >= 11 is 0. The normalized spacial score (nSPS) is 12.1. The Morgan fingerprint density at radius 1 is 1.33 bits per heavy atom. The molecule has 0 spiro atoms. The molecule has 94 valence electrons. The number of aromatic nitrogens is 2. The Bertz CT molecular complexity index is 519. The molecule has 0 saturated heterocycles. The lowest BCUT2D eigenvalue weighted by molar-refractivity contribution is -0.117. The van der Waals surface area contributed by atoms with E-state index in [0.717, 1.165) is 12.0 Å². The molecule has 1 N–H and O–H groups in total. The molecule has 0 aliphatic rings. The van der Waals surface area contributed by atoms with Crippen molar-refractivity contribution in [3.05, 3.63) is 48.2 Å². The number of nitrogens with zero attached hydrogens (tertiary/aromatic N) is 2. The molecule has 0 unspecified atom stereocenters. The van der Waals surface area contributed by atoms with Crippen LogP contribution in [0, 0.1) is 0 Å². The van der Waals surface area contributed by atoms with Gasteiger partial charge in [0.15, 0.2) is 5.82 Å². The van der Waals surface area contributed by atoms with Crippen molar-refractivity contribution in [2.45, 2.75) is 19.3 Å². The fraction of sp³-hybridized carbons (Fsp3) is 0.286. The highest BCUT2D eigenvalue weighted by atomic mass is 16.2. The zero-order valence-corrected chi connectivity index (χ0v) is 10.6. The lowest BCUT2D eigenvalue weighted by Gasteiger charge is -2.14. The van der Waals surface area contributed by atoms with E-state index in [9.17, 15) is 4.79 Å². The minimum absolute atomic E-state index is 0.0117. The van der Waals surface area contributed by atoms with Gasteiger partial charge in [-0.3, -0.25) is 9.48 Å². The Morgan fingerprint density at radius 3 is 2.61 bits per heavy atom. The van der Waals surface area contributed by atoms with Crippen molar-refractivity contribution in [2.24, 2.45) is 7.05 Å². The van der Waals surface area contributed by atoms with E-state index in [-0.39, 0.29) is 11.8 Å². The SMILES string of the molecule is CC[C@H](C(=O)Nc1ccn(C)n1)c1ccccc1. The molecule has 1 amide bonds. The second-order valence-electron chi connectivity index (χ2n) is 4.24. The Morgan fingerprint density at radius 2 is 2.06 bits per heavy atom. The van der Waals surface area contributed by atoms with Crippen molar-refractivity contribution < 1.29 is 4.79 Å². The van der Waals surface area contributed by atoms with Gasteiger partial charge in [0.2, 0.25) is 5.91 Å². The van der Waals surface area contributed by atoms with E-state index in [1.165, 1.54) is 0 Å². The predicted molar refractivity (Wildman–Crippen MR) is 71.3 cm³/mol. The Kier molecular flexibility index (Phi) is 3.77. The number of hydrogen-bond donors (Lipinski definition) is 1. The van der Waals surface area contributed by atoms with Gasteiger partial charge in [-0.05, 0) is 12.0 Å². The van der Waals surface area contributed by atoms with Crippen molar-refractivity contribution in [3.8, 4) is 0 Å². The van der Waals surface area contributed by atoms with Gasteiger partial charge in [0, 0.05) is 19.3 Å². The van der Waals surface area contributed by atoms with Gasteiger partial charge < -0.3 is 5.32 Å². The van der Waals surface area contributed by atoms with Crippen molar-refractivity contribution in [1.82, 2.24) is 9.78 Å². The van der Waals surface area contributed by atoms with Crippen LogP contribution in [0.3, 0.4) is 0 Å². The third-order valence-corrected chi connectivity index (χ3v) is 2.89. The van der Waals surface area contributed by atoms with Crippen LogP contribution in [0.5, 0.6) is 0 Å². The molecule has 4 heteroatoms. The number of carbonyl (C=O) groups excluding carboxylic acids is 1. The summed E-state index contributed by atoms with van der Waals surface area (Å²) in [6, 6.07) is 11.6. The van der Waals surface area contributed by atoms with Crippen LogP contribution < -0.4 is 5.32 Å². The summed E-state index contributed by atoms with van der Waals surface area (Å²) in [5.41, 5.74) is 1.04. The quantitative estimate of drug-likeness (QED) is 0.897. The van der Waals surface area contributed by atoms with E-state index in [0.29, 0.717) is 5.82 Å². The highest BCUT2D eigenvalue weighted by molar-refractivity contribution is 5.95. The second kappa shape index (κ2) is 5.49. The molecule has 2 aromatic rings. The van der Waals surface area contributed by atoms with Crippen LogP contribution in [-0.4, -0.2) is 15.7 Å². The smallest absolute Gasteiger partial charge is 0.233 e. The zero-order valence-electron chi connectivity index (χ0n) is 10.6. The highest BCUT2D eigenvalue weighted by Gasteiger charge is 2.18. The van der Waals surface area contributed by atoms with Crippen molar-refractivity contribution in [1.29, 1.82) is 0 Å². The highest BCUT2D eigenvalue weighted by Crippen LogP contribution is 2.20. The molecule has 0 bridgehead atoms. The molecule has 1 aromatic carbocycles. The molecule has 4 nitrogen and oxygen atoms in total. The van der Waals surface area contributed by atoms with Gasteiger partial charge in [-0.25, -0.2) is 0 Å². The molecule has 1 atom stereocenters. The number of aryl methyl sites for hydroxylation is 1. The maximum atomic E-state index is 12.2. The van der Waals surface area contributed by atoms with Gasteiger partial charge >= 0.3 is 0 Å². The van der Waals surface area contributed by atoms with Crippen molar-refractivity contribution in [2.75, 3.05) is 5.32 Å². The minimum atomic E-state index is -0.131. The van der Waals surface area contributed by atoms with Crippen molar-refractivity contribution >= 4 is 11.7 Å². The lowest BCUT2D eigenvalue weighted by Crippen LogP contribution is -2.21. The van der Waals surface area contributed by atoms with Crippen molar-refractivity contribution in [3.63, 3.8) is 0 Å². The van der Waals surface area contributed by atoms with Crippen LogP contribution in [0.4, 0.5) is 5.82 Å². The summed E-state index contributed by atoms with van der Waals surface area (Å²) in [4.78, 5) is 12.2. The van der Waals surface area contributed by atoms with Gasteiger partial charge in [0.05, 0.1) is 5.92 Å². The maximum Gasteiger partial charge on any atom is 0.233 e. The molecular formula is C14H17N3O. The molecule has 0 aliphatic heterocycles. The van der Waals surface area contributed by atoms with Crippen LogP contribution in [0.25, 0.3) is 0 Å². The predicted octanol–water partition coefficient (Wildman–Crippen LogP) is 2.55. The summed E-state index contributed by atoms with van der Waals surface area (Å²) in [5.74, 6) is 0.451. The third kappa shape index (κ3) is 2.77. The molecule has 1 heterocycles.